The molecule has 50 valence electrons. The second kappa shape index (κ2) is 4.06. The molecule has 0 aromatic rings. The van der Waals surface area contributed by atoms with Gasteiger partial charge in [-0.25, -0.2) is 0 Å². The van der Waals surface area contributed by atoms with Crippen LogP contribution in [0.1, 0.15) is 13.3 Å². The van der Waals surface area contributed by atoms with Crippen LogP contribution in [0.15, 0.2) is 0 Å². The lowest BCUT2D eigenvalue weighted by Crippen LogP contribution is -2.31. The molecule has 1 N–H and O–H groups in total. The van der Waals surface area contributed by atoms with E-state index in [9.17, 15) is 4.80 Å². The van der Waals surface area contributed by atoms with Crippen molar-refractivity contribution in [1.29, 1.82) is 0 Å². The van der Waals surface area contributed by atoms with E-state index in [4.69, 9.17) is 0 Å². The maximum Gasteiger partial charge on any atom is 0.251 e. The Morgan fingerprint density at radius 3 is 2.12 bits per heavy atom. The summed E-state index contributed by atoms with van der Waals surface area (Å²) in [5.41, 5.74) is 0. The molecule has 1 atom stereocenters. The highest BCUT2D eigenvalue weighted by Crippen LogP contribution is 1.94. The number of hydrogen-bond donors (Lipinski definition) is 1. The molecule has 0 radical (unpaired) electrons. The topological polar surface area (TPSA) is 23.5 Å². The van der Waals surface area contributed by atoms with Crippen molar-refractivity contribution in [2.45, 2.75) is 19.4 Å². The first-order valence-electron chi connectivity index (χ1n) is 3.03. The molecule has 0 amide bonds. The van der Waals surface area contributed by atoms with Gasteiger partial charge in [-0.2, -0.15) is 0 Å². The summed E-state index contributed by atoms with van der Waals surface area (Å²) in [5, 5.41) is 0. The van der Waals surface area contributed by atoms with Crippen LogP contribution in [0.25, 0.3) is 0 Å². The zero-order chi connectivity index (χ0) is 6.57. The van der Waals surface area contributed by atoms with Crippen molar-refractivity contribution in [2.24, 2.45) is 0 Å². The van der Waals surface area contributed by atoms with Crippen LogP contribution in [0, 0.1) is 0 Å². The van der Waals surface area contributed by atoms with Gasteiger partial charge in [0.15, 0.2) is 0 Å². The molecule has 2 nitrogen and oxygen atoms in total. The van der Waals surface area contributed by atoms with Gasteiger partial charge in [0.2, 0.25) is 0 Å². The minimum atomic E-state index is -1.44. The van der Waals surface area contributed by atoms with Gasteiger partial charge in [-0.3, -0.25) is 0 Å². The van der Waals surface area contributed by atoms with Crippen molar-refractivity contribution in [3.8, 4) is 0 Å². The van der Waals surface area contributed by atoms with E-state index in [0.717, 1.165) is 12.5 Å². The minimum absolute atomic E-state index is 1.01. The van der Waals surface area contributed by atoms with Crippen molar-refractivity contribution < 1.29 is 4.80 Å². The number of nitrogens with zero attached hydrogens (tertiary/aromatic N) is 1. The fourth-order valence-electron chi connectivity index (χ4n) is 0.516. The molecule has 1 unspecified atom stereocenters. The molecule has 0 saturated carbocycles. The van der Waals surface area contributed by atoms with Crippen molar-refractivity contribution in [1.82, 2.24) is 4.57 Å². The molecular weight excluding hydrogens is 118 g/mol. The normalized spacial score (nSPS) is 14.6. The minimum Gasteiger partial charge on any atom is -0.421 e. The van der Waals surface area contributed by atoms with Gasteiger partial charge in [0.25, 0.3) is 9.20 Å². The fourth-order valence-corrected chi connectivity index (χ4v) is 1.55. The van der Waals surface area contributed by atoms with Crippen molar-refractivity contribution >= 4 is 9.20 Å². The van der Waals surface area contributed by atoms with Crippen LogP contribution >= 0.6 is 0 Å². The number of hydrogen-bond acceptors (Lipinski definition) is 2. The van der Waals surface area contributed by atoms with Crippen LogP contribution in [0.5, 0.6) is 0 Å². The van der Waals surface area contributed by atoms with Crippen molar-refractivity contribution in [3.05, 3.63) is 0 Å². The Labute approximate surface area is 52.9 Å². The van der Waals surface area contributed by atoms with E-state index in [1.54, 1.807) is 0 Å². The highest BCUT2D eigenvalue weighted by molar-refractivity contribution is 6.46. The lowest BCUT2D eigenvalue weighted by atomic mass is 10.6. The zero-order valence-corrected chi connectivity index (χ0v) is 7.04. The van der Waals surface area contributed by atoms with Crippen molar-refractivity contribution in [3.63, 3.8) is 0 Å². The van der Waals surface area contributed by atoms with Crippen LogP contribution in [0.4, 0.5) is 0 Å². The maximum absolute atomic E-state index is 9.19. The summed E-state index contributed by atoms with van der Waals surface area (Å²) >= 11 is 0. The molecule has 0 aliphatic rings. The third-order valence-electron chi connectivity index (χ3n) is 1.14. The summed E-state index contributed by atoms with van der Waals surface area (Å²) in [7, 11) is 2.43. The Bertz CT molecular complexity index is 58.4. The number of rotatable bonds is 3. The average Bonchev–Trinajstić information content (AvgIpc) is 1.67. The molecule has 0 aromatic heterocycles. The van der Waals surface area contributed by atoms with Gasteiger partial charge in [-0.1, -0.05) is 13.3 Å². The lowest BCUT2D eigenvalue weighted by Gasteiger charge is -2.14. The van der Waals surface area contributed by atoms with Crippen LogP contribution in [-0.2, 0) is 0 Å². The molecule has 0 heterocycles. The molecule has 0 aliphatic carbocycles. The first-order valence-corrected chi connectivity index (χ1v) is 4.88. The van der Waals surface area contributed by atoms with E-state index in [1.165, 1.54) is 0 Å². The summed E-state index contributed by atoms with van der Waals surface area (Å²) in [6, 6.07) is 1.01. The van der Waals surface area contributed by atoms with Gasteiger partial charge in [-0.15, -0.1) is 0 Å². The van der Waals surface area contributed by atoms with Gasteiger partial charge >= 0.3 is 0 Å². The standard InChI is InChI=1S/C5H15NOSi/c1-4-5-8(7)6(2)3/h7-8H,4-5H2,1-3H3. The SMILES string of the molecule is CCC[SiH](O)N(C)C. The Hall–Kier alpha value is 0.137. The van der Waals surface area contributed by atoms with E-state index < -0.39 is 9.20 Å². The molecule has 0 spiro atoms. The molecule has 0 aromatic carbocycles. The smallest absolute Gasteiger partial charge is 0.251 e. The first kappa shape index (κ1) is 8.14. The fraction of sp³-hybridized carbons (Fsp3) is 1.00. The Morgan fingerprint density at radius 2 is 2.00 bits per heavy atom. The quantitative estimate of drug-likeness (QED) is 0.555. The van der Waals surface area contributed by atoms with Crippen LogP contribution in [0.2, 0.25) is 6.04 Å². The maximum atomic E-state index is 9.19. The second-order valence-electron chi connectivity index (χ2n) is 2.23. The Kier molecular flexibility index (Phi) is 4.13. The molecule has 8 heavy (non-hydrogen) atoms. The van der Waals surface area contributed by atoms with E-state index in [2.05, 4.69) is 6.92 Å². The third kappa shape index (κ3) is 3.18. The third-order valence-corrected chi connectivity index (χ3v) is 3.43. The molecular formula is C5H15NOSi. The largest absolute Gasteiger partial charge is 0.421 e. The highest BCUT2D eigenvalue weighted by Gasteiger charge is 2.06. The molecule has 0 bridgehead atoms. The molecule has 0 fully saturated rings. The molecule has 0 rings (SSSR count). The first-order chi connectivity index (χ1) is 3.68. The Morgan fingerprint density at radius 1 is 1.50 bits per heavy atom. The summed E-state index contributed by atoms with van der Waals surface area (Å²) in [5.74, 6) is 0. The highest BCUT2D eigenvalue weighted by atomic mass is 28.3. The Balaban J connectivity index is 3.17. The van der Waals surface area contributed by atoms with E-state index in [0.29, 0.717) is 0 Å². The van der Waals surface area contributed by atoms with Gasteiger partial charge in [0.1, 0.15) is 0 Å². The predicted octanol–water partition coefficient (Wildman–Crippen LogP) is 0.171. The van der Waals surface area contributed by atoms with Gasteiger partial charge in [0.05, 0.1) is 0 Å². The van der Waals surface area contributed by atoms with Gasteiger partial charge in [0, 0.05) is 0 Å². The van der Waals surface area contributed by atoms with Crippen LogP contribution in [-0.4, -0.2) is 32.7 Å². The summed E-state index contributed by atoms with van der Waals surface area (Å²) in [6.45, 7) is 2.10. The van der Waals surface area contributed by atoms with E-state index in [-0.39, 0.29) is 0 Å². The lowest BCUT2D eigenvalue weighted by molar-refractivity contribution is 0.457. The zero-order valence-electron chi connectivity index (χ0n) is 5.89. The van der Waals surface area contributed by atoms with Crippen molar-refractivity contribution in [2.75, 3.05) is 14.1 Å². The van der Waals surface area contributed by atoms with E-state index in [1.807, 2.05) is 18.7 Å². The van der Waals surface area contributed by atoms with Crippen LogP contribution in [0.3, 0.4) is 0 Å². The monoisotopic (exact) mass is 133 g/mol. The summed E-state index contributed by atoms with van der Waals surface area (Å²) in [4.78, 5) is 9.19. The molecule has 0 aliphatic heterocycles. The summed E-state index contributed by atoms with van der Waals surface area (Å²) < 4.78 is 1.95. The molecule has 3 heteroatoms. The molecule has 0 saturated heterocycles. The van der Waals surface area contributed by atoms with Gasteiger partial charge < -0.3 is 9.36 Å². The van der Waals surface area contributed by atoms with E-state index >= 15 is 0 Å². The second-order valence-corrected chi connectivity index (χ2v) is 4.80. The average molecular weight is 133 g/mol. The van der Waals surface area contributed by atoms with Gasteiger partial charge in [-0.05, 0) is 20.1 Å². The summed E-state index contributed by atoms with van der Waals surface area (Å²) in [6.07, 6.45) is 1.10. The van der Waals surface area contributed by atoms with Crippen LogP contribution < -0.4 is 0 Å². The predicted molar refractivity (Wildman–Crippen MR) is 38.2 cm³/mol.